The lowest BCUT2D eigenvalue weighted by Crippen LogP contribution is -2.41. The molecule has 0 aliphatic carbocycles. The predicted octanol–water partition coefficient (Wildman–Crippen LogP) is 1.03. The van der Waals surface area contributed by atoms with Crippen molar-refractivity contribution in [2.75, 3.05) is 0 Å². The van der Waals surface area contributed by atoms with Crippen LogP contribution in [0.2, 0.25) is 0 Å². The van der Waals surface area contributed by atoms with E-state index >= 15 is 0 Å². The standard InChI is InChI=1S/C10H14O4/c1-6-4-9(2)5-7(11)13-8(12)10(6,3)14-9/h6H,4-5H2,1-3H3/t6-,9+,10-/m1/s1. The fourth-order valence-corrected chi connectivity index (χ4v) is 2.39. The molecule has 2 heterocycles. The van der Waals surface area contributed by atoms with Gasteiger partial charge in [0.05, 0.1) is 12.0 Å². The summed E-state index contributed by atoms with van der Waals surface area (Å²) in [7, 11) is 0. The van der Waals surface area contributed by atoms with Gasteiger partial charge in [-0.3, -0.25) is 4.79 Å². The van der Waals surface area contributed by atoms with E-state index in [0.717, 1.165) is 6.42 Å². The summed E-state index contributed by atoms with van der Waals surface area (Å²) in [5, 5.41) is 0. The molecule has 0 aromatic heterocycles. The molecule has 78 valence electrons. The Labute approximate surface area is 82.6 Å². The lowest BCUT2D eigenvalue weighted by molar-refractivity contribution is -0.173. The van der Waals surface area contributed by atoms with Crippen LogP contribution in [0.25, 0.3) is 0 Å². The first-order valence-electron chi connectivity index (χ1n) is 4.81. The molecule has 14 heavy (non-hydrogen) atoms. The highest BCUT2D eigenvalue weighted by molar-refractivity contribution is 5.92. The first-order valence-corrected chi connectivity index (χ1v) is 4.81. The molecule has 2 rings (SSSR count). The van der Waals surface area contributed by atoms with E-state index in [-0.39, 0.29) is 12.3 Å². The Morgan fingerprint density at radius 1 is 1.36 bits per heavy atom. The number of ether oxygens (including phenoxy) is 2. The molecule has 4 nitrogen and oxygen atoms in total. The third-order valence-corrected chi connectivity index (χ3v) is 3.27. The fraction of sp³-hybridized carbons (Fsp3) is 0.800. The van der Waals surface area contributed by atoms with Gasteiger partial charge in [-0.05, 0) is 26.2 Å². The molecule has 0 aromatic rings. The van der Waals surface area contributed by atoms with E-state index in [0.29, 0.717) is 0 Å². The summed E-state index contributed by atoms with van der Waals surface area (Å²) in [5.74, 6) is -0.933. The maximum atomic E-state index is 11.6. The van der Waals surface area contributed by atoms with Crippen LogP contribution in [-0.2, 0) is 19.1 Å². The SMILES string of the molecule is C[C@@H]1C[C@@]2(C)CC(=O)OC(=O)[C@]1(C)O2. The van der Waals surface area contributed by atoms with Crippen LogP contribution in [0.3, 0.4) is 0 Å². The van der Waals surface area contributed by atoms with Gasteiger partial charge in [0.25, 0.3) is 0 Å². The summed E-state index contributed by atoms with van der Waals surface area (Å²) in [6, 6.07) is 0. The predicted molar refractivity (Wildman–Crippen MR) is 47.4 cm³/mol. The molecule has 2 fully saturated rings. The summed E-state index contributed by atoms with van der Waals surface area (Å²) in [6.45, 7) is 5.50. The van der Waals surface area contributed by atoms with Gasteiger partial charge in [-0.25, -0.2) is 4.79 Å². The van der Waals surface area contributed by atoms with Gasteiger partial charge in [0, 0.05) is 0 Å². The van der Waals surface area contributed by atoms with Crippen molar-refractivity contribution in [1.82, 2.24) is 0 Å². The molecule has 0 aromatic carbocycles. The number of hydrogen-bond acceptors (Lipinski definition) is 4. The molecule has 0 saturated carbocycles. The van der Waals surface area contributed by atoms with Gasteiger partial charge in [0.2, 0.25) is 0 Å². The van der Waals surface area contributed by atoms with Gasteiger partial charge >= 0.3 is 11.9 Å². The number of carbonyl (C=O) groups is 2. The molecular formula is C10H14O4. The zero-order valence-electron chi connectivity index (χ0n) is 8.62. The minimum atomic E-state index is -0.944. The summed E-state index contributed by atoms with van der Waals surface area (Å²) >= 11 is 0. The Morgan fingerprint density at radius 3 is 2.64 bits per heavy atom. The molecule has 2 bridgehead atoms. The summed E-state index contributed by atoms with van der Waals surface area (Å²) in [5.41, 5.74) is -1.47. The maximum absolute atomic E-state index is 11.6. The molecule has 0 amide bonds. The number of rotatable bonds is 0. The molecule has 2 saturated heterocycles. The third kappa shape index (κ3) is 1.17. The largest absolute Gasteiger partial charge is 0.391 e. The number of esters is 2. The average Bonchev–Trinajstić information content (AvgIpc) is 2.17. The second kappa shape index (κ2) is 2.57. The van der Waals surface area contributed by atoms with Gasteiger partial charge in [-0.15, -0.1) is 0 Å². The molecular weight excluding hydrogens is 184 g/mol. The Kier molecular flexibility index (Phi) is 1.77. The van der Waals surface area contributed by atoms with Crippen LogP contribution in [0.4, 0.5) is 0 Å². The number of carbonyl (C=O) groups excluding carboxylic acids is 2. The van der Waals surface area contributed by atoms with Crippen molar-refractivity contribution < 1.29 is 19.1 Å². The van der Waals surface area contributed by atoms with Gasteiger partial charge < -0.3 is 9.47 Å². The smallest absolute Gasteiger partial charge is 0.346 e. The van der Waals surface area contributed by atoms with Crippen LogP contribution < -0.4 is 0 Å². The number of fused-ring (bicyclic) bond motifs is 2. The van der Waals surface area contributed by atoms with E-state index in [4.69, 9.17) is 4.74 Å². The minimum Gasteiger partial charge on any atom is -0.391 e. The maximum Gasteiger partial charge on any atom is 0.346 e. The molecule has 3 atom stereocenters. The van der Waals surface area contributed by atoms with Crippen molar-refractivity contribution in [2.24, 2.45) is 5.92 Å². The highest BCUT2D eigenvalue weighted by atomic mass is 16.6. The lowest BCUT2D eigenvalue weighted by Gasteiger charge is -2.24. The Bertz CT molecular complexity index is 311. The molecule has 0 spiro atoms. The zero-order chi connectivity index (χ0) is 10.6. The van der Waals surface area contributed by atoms with Crippen molar-refractivity contribution in [3.05, 3.63) is 0 Å². The minimum absolute atomic E-state index is 0.0908. The Morgan fingerprint density at radius 2 is 2.00 bits per heavy atom. The van der Waals surface area contributed by atoms with Crippen molar-refractivity contribution in [1.29, 1.82) is 0 Å². The van der Waals surface area contributed by atoms with Gasteiger partial charge in [0.1, 0.15) is 0 Å². The van der Waals surface area contributed by atoms with Gasteiger partial charge in [-0.1, -0.05) is 6.92 Å². The number of cyclic esters (lactones) is 2. The van der Waals surface area contributed by atoms with E-state index in [1.807, 2.05) is 13.8 Å². The second-order valence-corrected chi connectivity index (χ2v) is 4.70. The van der Waals surface area contributed by atoms with Gasteiger partial charge in [0.15, 0.2) is 5.60 Å². The highest BCUT2D eigenvalue weighted by Crippen LogP contribution is 2.46. The van der Waals surface area contributed by atoms with Crippen LogP contribution in [0.15, 0.2) is 0 Å². The van der Waals surface area contributed by atoms with Crippen LogP contribution in [0.1, 0.15) is 33.6 Å². The van der Waals surface area contributed by atoms with E-state index in [2.05, 4.69) is 4.74 Å². The summed E-state index contributed by atoms with van der Waals surface area (Å²) in [6.07, 6.45) is 0.892. The molecule has 2 aliphatic rings. The molecule has 4 heteroatoms. The molecule has 0 N–H and O–H groups in total. The highest BCUT2D eigenvalue weighted by Gasteiger charge is 2.58. The zero-order valence-corrected chi connectivity index (χ0v) is 8.62. The van der Waals surface area contributed by atoms with Crippen LogP contribution in [0.5, 0.6) is 0 Å². The summed E-state index contributed by atoms with van der Waals surface area (Å²) in [4.78, 5) is 22.8. The second-order valence-electron chi connectivity index (χ2n) is 4.70. The fourth-order valence-electron chi connectivity index (χ4n) is 2.39. The third-order valence-electron chi connectivity index (χ3n) is 3.27. The van der Waals surface area contributed by atoms with E-state index in [1.165, 1.54) is 0 Å². The molecule has 0 unspecified atom stereocenters. The average molecular weight is 198 g/mol. The van der Waals surface area contributed by atoms with Crippen LogP contribution in [0, 0.1) is 5.92 Å². The Hall–Kier alpha value is -0.900. The quantitative estimate of drug-likeness (QED) is 0.431. The van der Waals surface area contributed by atoms with Crippen molar-refractivity contribution >= 4 is 11.9 Å². The van der Waals surface area contributed by atoms with E-state index < -0.39 is 23.1 Å². The van der Waals surface area contributed by atoms with E-state index in [9.17, 15) is 9.59 Å². The van der Waals surface area contributed by atoms with Gasteiger partial charge in [-0.2, -0.15) is 0 Å². The molecule has 2 aliphatic heterocycles. The van der Waals surface area contributed by atoms with E-state index in [1.54, 1.807) is 6.92 Å². The Balaban J connectivity index is 2.41. The first kappa shape index (κ1) is 9.65. The topological polar surface area (TPSA) is 52.6 Å². The first-order chi connectivity index (χ1) is 6.36. The lowest BCUT2D eigenvalue weighted by atomic mass is 9.85. The van der Waals surface area contributed by atoms with Crippen LogP contribution >= 0.6 is 0 Å². The summed E-state index contributed by atoms with van der Waals surface area (Å²) < 4.78 is 10.4. The van der Waals surface area contributed by atoms with Crippen LogP contribution in [-0.4, -0.2) is 23.1 Å². The van der Waals surface area contributed by atoms with Crippen molar-refractivity contribution in [3.8, 4) is 0 Å². The van der Waals surface area contributed by atoms with Crippen molar-refractivity contribution in [2.45, 2.75) is 44.8 Å². The normalized spacial score (nSPS) is 47.5. The molecule has 0 radical (unpaired) electrons. The monoisotopic (exact) mass is 198 g/mol. The van der Waals surface area contributed by atoms with Crippen molar-refractivity contribution in [3.63, 3.8) is 0 Å². The number of hydrogen-bond donors (Lipinski definition) is 0.